The number of aliphatic hydroxyl groups is 2. The van der Waals surface area contributed by atoms with E-state index in [1.54, 1.807) is 48.5 Å². The van der Waals surface area contributed by atoms with E-state index in [0.29, 0.717) is 35.3 Å². The highest BCUT2D eigenvalue weighted by Gasteiger charge is 2.73. The Balaban J connectivity index is 1.08. The molecule has 2 saturated heterocycles. The van der Waals surface area contributed by atoms with Gasteiger partial charge in [-0.1, -0.05) is 64.1 Å². The molecule has 2 aromatic carbocycles. The number of rotatable bonds is 4. The van der Waals surface area contributed by atoms with Crippen LogP contribution in [0.3, 0.4) is 0 Å². The minimum atomic E-state index is -1.52. The van der Waals surface area contributed by atoms with Crippen LogP contribution in [0.25, 0.3) is 0 Å². The Hall–Kier alpha value is -2.78. The first-order valence-corrected chi connectivity index (χ1v) is 18.6. The first kappa shape index (κ1) is 33.4. The first-order valence-electron chi connectivity index (χ1n) is 18.6. The zero-order valence-electron chi connectivity index (χ0n) is 29.3. The molecule has 0 amide bonds. The number of hydrogen-bond acceptors (Lipinski definition) is 8. The van der Waals surface area contributed by atoms with Gasteiger partial charge in [-0.3, -0.25) is 0 Å². The van der Waals surface area contributed by atoms with Crippen LogP contribution < -0.4 is 0 Å². The Morgan fingerprint density at radius 3 is 2.02 bits per heavy atom. The summed E-state index contributed by atoms with van der Waals surface area (Å²) in [6.45, 7) is 9.85. The molecule has 0 bridgehead atoms. The van der Waals surface area contributed by atoms with Gasteiger partial charge in [0, 0.05) is 24.2 Å². The van der Waals surface area contributed by atoms with Crippen LogP contribution in [0, 0.1) is 46.3 Å². The zero-order valence-corrected chi connectivity index (χ0v) is 29.3. The largest absolute Gasteiger partial charge is 0.455 e. The van der Waals surface area contributed by atoms with Gasteiger partial charge in [0.25, 0.3) is 0 Å². The third-order valence-electron chi connectivity index (χ3n) is 14.6. The normalized spacial score (nSPS) is 47.0. The number of fused-ring (bicyclic) bond motifs is 7. The molecule has 2 heterocycles. The molecule has 8 nitrogen and oxygen atoms in total. The number of carbonyl (C=O) groups excluding carboxylic acids is 2. The monoisotopic (exact) mass is 672 g/mol. The maximum atomic E-state index is 13.5. The third-order valence-corrected chi connectivity index (χ3v) is 14.6. The van der Waals surface area contributed by atoms with Crippen molar-refractivity contribution in [2.24, 2.45) is 46.3 Å². The van der Waals surface area contributed by atoms with Crippen molar-refractivity contribution in [3.8, 4) is 0 Å². The molecule has 2 N–H and O–H groups in total. The Labute approximate surface area is 289 Å². The molecule has 49 heavy (non-hydrogen) atoms. The van der Waals surface area contributed by atoms with E-state index in [0.717, 1.165) is 38.7 Å². The van der Waals surface area contributed by atoms with Crippen LogP contribution in [0.5, 0.6) is 0 Å². The third kappa shape index (κ3) is 5.06. The van der Waals surface area contributed by atoms with Crippen molar-refractivity contribution in [3.63, 3.8) is 0 Å². The molecule has 1 spiro atoms. The first-order chi connectivity index (χ1) is 23.4. The smallest absolute Gasteiger partial charge is 0.338 e. The van der Waals surface area contributed by atoms with Gasteiger partial charge in [-0.15, -0.1) is 0 Å². The van der Waals surface area contributed by atoms with Crippen molar-refractivity contribution >= 4 is 11.9 Å². The molecule has 14 atom stereocenters. The van der Waals surface area contributed by atoms with Crippen molar-refractivity contribution in [2.45, 2.75) is 115 Å². The van der Waals surface area contributed by atoms with Crippen LogP contribution in [0.2, 0.25) is 0 Å². The fourth-order valence-corrected chi connectivity index (χ4v) is 12.1. The van der Waals surface area contributed by atoms with Crippen LogP contribution in [-0.2, 0) is 18.9 Å². The second-order valence-electron chi connectivity index (χ2n) is 17.0. The Bertz CT molecular complexity index is 1560. The lowest BCUT2D eigenvalue weighted by molar-refractivity contribution is -0.286. The molecule has 4 aliphatic carbocycles. The molecule has 264 valence electrons. The molecule has 2 aliphatic heterocycles. The predicted molar refractivity (Wildman–Crippen MR) is 181 cm³/mol. The molecule has 6 aliphatic rings. The molecular formula is C41H52O8. The summed E-state index contributed by atoms with van der Waals surface area (Å²) in [6.07, 6.45) is 3.05. The molecule has 8 heteroatoms. The molecule has 0 radical (unpaired) electrons. The van der Waals surface area contributed by atoms with Gasteiger partial charge in [0.15, 0.2) is 5.79 Å². The summed E-state index contributed by atoms with van der Waals surface area (Å²) in [5, 5.41) is 24.7. The topological polar surface area (TPSA) is 112 Å². The summed E-state index contributed by atoms with van der Waals surface area (Å²) in [4.78, 5) is 26.8. The molecule has 6 fully saturated rings. The predicted octanol–water partition coefficient (Wildman–Crippen LogP) is 6.58. The maximum Gasteiger partial charge on any atom is 0.338 e. The number of carbonyl (C=O) groups is 2. The lowest BCUT2D eigenvalue weighted by atomic mass is 9.42. The Kier molecular flexibility index (Phi) is 8.10. The highest BCUT2D eigenvalue weighted by molar-refractivity contribution is 5.90. The van der Waals surface area contributed by atoms with Gasteiger partial charge in [-0.2, -0.15) is 0 Å². The van der Waals surface area contributed by atoms with Gasteiger partial charge in [-0.05, 0) is 97.8 Å². The van der Waals surface area contributed by atoms with E-state index in [9.17, 15) is 19.8 Å². The van der Waals surface area contributed by atoms with E-state index in [1.807, 2.05) is 12.1 Å². The fourth-order valence-electron chi connectivity index (χ4n) is 12.1. The summed E-state index contributed by atoms with van der Waals surface area (Å²) >= 11 is 0. The van der Waals surface area contributed by atoms with Crippen molar-refractivity contribution in [3.05, 3.63) is 71.8 Å². The van der Waals surface area contributed by atoms with E-state index in [2.05, 4.69) is 27.7 Å². The van der Waals surface area contributed by atoms with Gasteiger partial charge in [0.05, 0.1) is 35.5 Å². The highest BCUT2D eigenvalue weighted by Crippen LogP contribution is 2.72. The van der Waals surface area contributed by atoms with Crippen LogP contribution in [0.1, 0.15) is 99.8 Å². The molecule has 3 unspecified atom stereocenters. The summed E-state index contributed by atoms with van der Waals surface area (Å²) in [5.41, 5.74) is -1.47. The SMILES string of the molecule is CC1CC[C@]2(OC1)O[C@@H]1CC3[C@H]4C[C@H](O)[C@]5(O)C[C@H](OC(=O)c6ccccc6)[C@@H](OC(=O)c6ccccc6)C[C@@]5(C)C4CC[C@@]3(C)[C@@H]1[C@H]2C. The lowest BCUT2D eigenvalue weighted by Crippen LogP contribution is -2.71. The quantitative estimate of drug-likeness (QED) is 0.351. The van der Waals surface area contributed by atoms with Crippen LogP contribution >= 0.6 is 0 Å². The van der Waals surface area contributed by atoms with Gasteiger partial charge in [0.1, 0.15) is 12.2 Å². The molecule has 4 saturated carbocycles. The molecule has 8 rings (SSSR count). The van der Waals surface area contributed by atoms with E-state index in [4.69, 9.17) is 18.9 Å². The average molecular weight is 673 g/mol. The number of hydrogen-bond donors (Lipinski definition) is 2. The summed E-state index contributed by atoms with van der Waals surface area (Å²) in [7, 11) is 0. The minimum absolute atomic E-state index is 0.00912. The average Bonchev–Trinajstić information content (AvgIpc) is 3.54. The van der Waals surface area contributed by atoms with Crippen LogP contribution in [0.4, 0.5) is 0 Å². The van der Waals surface area contributed by atoms with Gasteiger partial charge in [-0.25, -0.2) is 9.59 Å². The standard InChI is InChI=1S/C41H52O8/c1-24-15-18-41(46-23-24)25(2)35-31(49-41)20-30-28-19-34(42)40(45)22-33(48-37(44)27-13-9-6-10-14-27)32(47-36(43)26-11-7-5-8-12-26)21-39(40,4)29(28)16-17-38(30,35)3/h5-14,24-25,28-35,42,45H,15-23H2,1-4H3/t24?,25-,28+,29?,30?,31-,32+,33+,34+,35-,38-,39+,40-,41+/m1/s1. The Morgan fingerprint density at radius 2 is 1.43 bits per heavy atom. The van der Waals surface area contributed by atoms with Crippen molar-refractivity contribution in [2.75, 3.05) is 6.61 Å². The van der Waals surface area contributed by atoms with Gasteiger partial charge < -0.3 is 29.2 Å². The second-order valence-corrected chi connectivity index (χ2v) is 17.0. The highest BCUT2D eigenvalue weighted by atomic mass is 16.7. The molecular weight excluding hydrogens is 620 g/mol. The van der Waals surface area contributed by atoms with E-state index in [-0.39, 0.29) is 42.1 Å². The molecule has 0 aromatic heterocycles. The number of ether oxygens (including phenoxy) is 4. The van der Waals surface area contributed by atoms with E-state index in [1.165, 1.54) is 0 Å². The number of aliphatic hydroxyl groups excluding tert-OH is 1. The Morgan fingerprint density at radius 1 is 0.816 bits per heavy atom. The number of benzene rings is 2. The van der Waals surface area contributed by atoms with Crippen molar-refractivity contribution < 1.29 is 38.7 Å². The summed E-state index contributed by atoms with van der Waals surface area (Å²) < 4.78 is 25.7. The summed E-state index contributed by atoms with van der Waals surface area (Å²) in [6, 6.07) is 17.5. The zero-order chi connectivity index (χ0) is 34.3. The maximum absolute atomic E-state index is 13.5. The molecule has 2 aromatic rings. The van der Waals surface area contributed by atoms with Gasteiger partial charge in [0.2, 0.25) is 0 Å². The van der Waals surface area contributed by atoms with Crippen LogP contribution in [-0.4, -0.2) is 64.6 Å². The number of esters is 2. The second kappa shape index (κ2) is 11.9. The lowest BCUT2D eigenvalue weighted by Gasteiger charge is -2.66. The van der Waals surface area contributed by atoms with E-state index >= 15 is 0 Å². The van der Waals surface area contributed by atoms with Gasteiger partial charge >= 0.3 is 11.9 Å². The van der Waals surface area contributed by atoms with E-state index < -0.39 is 47.1 Å². The summed E-state index contributed by atoms with van der Waals surface area (Å²) in [5.74, 6) is 0.296. The van der Waals surface area contributed by atoms with Crippen molar-refractivity contribution in [1.29, 1.82) is 0 Å². The van der Waals surface area contributed by atoms with Crippen molar-refractivity contribution in [1.82, 2.24) is 0 Å². The minimum Gasteiger partial charge on any atom is -0.455 e. The fraction of sp³-hybridized carbons (Fsp3) is 0.659. The van der Waals surface area contributed by atoms with Crippen LogP contribution in [0.15, 0.2) is 60.7 Å².